The monoisotopic (exact) mass is 346 g/mol. The lowest BCUT2D eigenvalue weighted by atomic mass is 10.3. The number of benzene rings is 1. The molecule has 3 N–H and O–H groups in total. The Kier molecular flexibility index (Phi) is 5.46. The van der Waals surface area contributed by atoms with Crippen LogP contribution in [0.2, 0.25) is 4.34 Å². The first-order valence-electron chi connectivity index (χ1n) is 6.15. The van der Waals surface area contributed by atoms with Crippen LogP contribution in [-0.4, -0.2) is 20.8 Å². The van der Waals surface area contributed by atoms with Crippen molar-refractivity contribution in [1.29, 1.82) is 0 Å². The summed E-state index contributed by atoms with van der Waals surface area (Å²) in [6.07, 6.45) is 0. The predicted molar refractivity (Wildman–Crippen MR) is 86.3 cm³/mol. The van der Waals surface area contributed by atoms with E-state index >= 15 is 0 Å². The summed E-state index contributed by atoms with van der Waals surface area (Å²) in [6.45, 7) is 0.266. The van der Waals surface area contributed by atoms with Gasteiger partial charge in [-0.2, -0.15) is 0 Å². The summed E-state index contributed by atoms with van der Waals surface area (Å²) in [5, 5.41) is 0. The molecule has 0 amide bonds. The van der Waals surface area contributed by atoms with E-state index in [1.807, 2.05) is 0 Å². The second-order valence-electron chi connectivity index (χ2n) is 4.23. The molecule has 2 rings (SSSR count). The maximum atomic E-state index is 11.8. The normalized spacial score (nSPS) is 11.5. The molecule has 0 aliphatic heterocycles. The molecule has 0 spiro atoms. The summed E-state index contributed by atoms with van der Waals surface area (Å²) in [7, 11) is -3.41. The molecular weight excluding hydrogens is 332 g/mol. The van der Waals surface area contributed by atoms with Crippen LogP contribution in [0.25, 0.3) is 0 Å². The number of rotatable bonds is 7. The molecule has 5 nitrogen and oxygen atoms in total. The maximum absolute atomic E-state index is 11.8. The summed E-state index contributed by atoms with van der Waals surface area (Å²) in [5.74, 6) is 0.346. The number of hydrogen-bond donors (Lipinski definition) is 2. The van der Waals surface area contributed by atoms with Crippen LogP contribution in [0.3, 0.4) is 0 Å². The Morgan fingerprint density at radius 2 is 2.00 bits per heavy atom. The van der Waals surface area contributed by atoms with Gasteiger partial charge in [0.1, 0.15) is 12.4 Å². The Bertz CT molecular complexity index is 701. The molecule has 8 heteroatoms. The van der Waals surface area contributed by atoms with Gasteiger partial charge in [0.15, 0.2) is 0 Å². The Morgan fingerprint density at radius 3 is 2.67 bits per heavy atom. The summed E-state index contributed by atoms with van der Waals surface area (Å²) in [4.78, 5) is 0.858. The quantitative estimate of drug-likeness (QED) is 0.755. The average Bonchev–Trinajstić information content (AvgIpc) is 2.85. The second kappa shape index (κ2) is 7.13. The molecule has 0 radical (unpaired) electrons. The Balaban J connectivity index is 1.80. The molecule has 114 valence electrons. The van der Waals surface area contributed by atoms with E-state index in [2.05, 4.69) is 4.72 Å². The maximum Gasteiger partial charge on any atom is 0.215 e. The minimum absolute atomic E-state index is 0.0365. The van der Waals surface area contributed by atoms with Gasteiger partial charge in [0.25, 0.3) is 0 Å². The lowest BCUT2D eigenvalue weighted by molar-refractivity contribution is 0.342. The Labute approximate surface area is 132 Å². The molecule has 0 atom stereocenters. The number of anilines is 1. The van der Waals surface area contributed by atoms with Gasteiger partial charge in [-0.15, -0.1) is 11.3 Å². The smallest absolute Gasteiger partial charge is 0.215 e. The fourth-order valence-electron chi connectivity index (χ4n) is 1.57. The van der Waals surface area contributed by atoms with Crippen molar-refractivity contribution in [1.82, 2.24) is 4.72 Å². The van der Waals surface area contributed by atoms with Crippen molar-refractivity contribution in [3.8, 4) is 5.75 Å². The number of thiophene rings is 1. The lowest BCUT2D eigenvalue weighted by Gasteiger charge is -2.09. The van der Waals surface area contributed by atoms with E-state index in [9.17, 15) is 8.42 Å². The first-order chi connectivity index (χ1) is 9.96. The SMILES string of the molecule is Nc1ccccc1OCCS(=O)(=O)NCc1ccc(Cl)s1. The van der Waals surface area contributed by atoms with E-state index in [1.165, 1.54) is 11.3 Å². The number of nitrogens with one attached hydrogen (secondary N) is 1. The fraction of sp³-hybridized carbons (Fsp3) is 0.231. The number of nitrogens with two attached hydrogens (primary N) is 1. The van der Waals surface area contributed by atoms with E-state index in [1.54, 1.807) is 36.4 Å². The van der Waals surface area contributed by atoms with Gasteiger partial charge in [-0.1, -0.05) is 23.7 Å². The molecule has 21 heavy (non-hydrogen) atoms. The van der Waals surface area contributed by atoms with E-state index in [0.717, 1.165) is 4.88 Å². The van der Waals surface area contributed by atoms with Crippen molar-refractivity contribution in [2.24, 2.45) is 0 Å². The highest BCUT2D eigenvalue weighted by Crippen LogP contribution is 2.21. The Morgan fingerprint density at radius 1 is 1.24 bits per heavy atom. The lowest BCUT2D eigenvalue weighted by Crippen LogP contribution is -2.28. The second-order valence-corrected chi connectivity index (χ2v) is 7.96. The number of halogens is 1. The molecule has 1 aromatic heterocycles. The summed E-state index contributed by atoms with van der Waals surface area (Å²) in [6, 6.07) is 10.5. The molecule has 0 saturated heterocycles. The summed E-state index contributed by atoms with van der Waals surface area (Å²) < 4.78 is 32.2. The van der Waals surface area contributed by atoms with Crippen molar-refractivity contribution in [3.63, 3.8) is 0 Å². The number of para-hydroxylation sites is 2. The highest BCUT2D eigenvalue weighted by molar-refractivity contribution is 7.89. The minimum Gasteiger partial charge on any atom is -0.490 e. The minimum atomic E-state index is -3.41. The first kappa shape index (κ1) is 16.1. The van der Waals surface area contributed by atoms with Gasteiger partial charge in [-0.3, -0.25) is 0 Å². The largest absolute Gasteiger partial charge is 0.490 e. The molecule has 0 bridgehead atoms. The molecular formula is C13H15ClN2O3S2. The zero-order valence-corrected chi connectivity index (χ0v) is 13.5. The van der Waals surface area contributed by atoms with Gasteiger partial charge in [-0.25, -0.2) is 13.1 Å². The standard InChI is InChI=1S/C13H15ClN2O3S2/c14-13-6-5-10(20-13)9-16-21(17,18)8-7-19-12-4-2-1-3-11(12)15/h1-6,16H,7-9,15H2. The first-order valence-corrected chi connectivity index (χ1v) is 9.00. The van der Waals surface area contributed by atoms with Crippen LogP contribution >= 0.6 is 22.9 Å². The van der Waals surface area contributed by atoms with Gasteiger partial charge in [-0.05, 0) is 24.3 Å². The zero-order chi connectivity index (χ0) is 15.3. The molecule has 0 fully saturated rings. The highest BCUT2D eigenvalue weighted by Gasteiger charge is 2.11. The van der Waals surface area contributed by atoms with Crippen molar-refractivity contribution >= 4 is 38.6 Å². The van der Waals surface area contributed by atoms with Crippen LogP contribution in [0.5, 0.6) is 5.75 Å². The third-order valence-corrected chi connectivity index (χ3v) is 5.14. The third kappa shape index (κ3) is 5.20. The van der Waals surface area contributed by atoms with Gasteiger partial charge >= 0.3 is 0 Å². The van der Waals surface area contributed by atoms with E-state index < -0.39 is 10.0 Å². The van der Waals surface area contributed by atoms with Gasteiger partial charge in [0.05, 0.1) is 15.8 Å². The number of ether oxygens (including phenoxy) is 1. The summed E-state index contributed by atoms with van der Waals surface area (Å²) in [5.41, 5.74) is 6.19. The molecule has 2 aromatic rings. The number of nitrogen functional groups attached to an aromatic ring is 1. The van der Waals surface area contributed by atoms with Crippen LogP contribution in [0.15, 0.2) is 36.4 Å². The van der Waals surface area contributed by atoms with E-state index in [0.29, 0.717) is 15.8 Å². The topological polar surface area (TPSA) is 81.4 Å². The number of hydrogen-bond acceptors (Lipinski definition) is 5. The van der Waals surface area contributed by atoms with Crippen LogP contribution in [0.1, 0.15) is 4.88 Å². The van der Waals surface area contributed by atoms with Crippen molar-refractivity contribution in [2.75, 3.05) is 18.1 Å². The van der Waals surface area contributed by atoms with Crippen LogP contribution in [0, 0.1) is 0 Å². The zero-order valence-electron chi connectivity index (χ0n) is 11.1. The fourth-order valence-corrected chi connectivity index (χ4v) is 3.51. The van der Waals surface area contributed by atoms with Gasteiger partial charge < -0.3 is 10.5 Å². The molecule has 0 saturated carbocycles. The molecule has 1 aromatic carbocycles. The van der Waals surface area contributed by atoms with E-state index in [4.69, 9.17) is 22.1 Å². The Hall–Kier alpha value is -1.28. The molecule has 1 heterocycles. The molecule has 0 aliphatic carbocycles. The highest BCUT2D eigenvalue weighted by atomic mass is 35.5. The van der Waals surface area contributed by atoms with Crippen molar-refractivity contribution < 1.29 is 13.2 Å². The van der Waals surface area contributed by atoms with Crippen molar-refractivity contribution in [2.45, 2.75) is 6.54 Å². The van der Waals surface area contributed by atoms with Gasteiger partial charge in [0, 0.05) is 11.4 Å². The molecule has 0 aliphatic rings. The molecule has 0 unspecified atom stereocenters. The summed E-state index contributed by atoms with van der Waals surface area (Å²) >= 11 is 7.13. The average molecular weight is 347 g/mol. The van der Waals surface area contributed by atoms with Gasteiger partial charge in [0.2, 0.25) is 10.0 Å². The van der Waals surface area contributed by atoms with Crippen molar-refractivity contribution in [3.05, 3.63) is 45.6 Å². The van der Waals surface area contributed by atoms with Crippen LogP contribution in [0.4, 0.5) is 5.69 Å². The third-order valence-electron chi connectivity index (χ3n) is 2.62. The predicted octanol–water partition coefficient (Wildman–Crippen LogP) is 2.48. The van der Waals surface area contributed by atoms with Crippen LogP contribution < -0.4 is 15.2 Å². The van der Waals surface area contributed by atoms with Crippen LogP contribution in [-0.2, 0) is 16.6 Å². The number of sulfonamides is 1. The van der Waals surface area contributed by atoms with E-state index in [-0.39, 0.29) is 18.9 Å².